The molecule has 0 bridgehead atoms. The third kappa shape index (κ3) is 2.04. The average molecular weight is 196 g/mol. The Morgan fingerprint density at radius 3 is 2.86 bits per heavy atom. The molecule has 5 heteroatoms. The van der Waals surface area contributed by atoms with Crippen LogP contribution in [0.3, 0.4) is 0 Å². The van der Waals surface area contributed by atoms with Crippen molar-refractivity contribution in [2.24, 2.45) is 0 Å². The quantitative estimate of drug-likeness (QED) is 0.662. The van der Waals surface area contributed by atoms with Gasteiger partial charge in [0.25, 0.3) is 5.91 Å². The lowest BCUT2D eigenvalue weighted by atomic mass is 10.2. The van der Waals surface area contributed by atoms with E-state index in [4.69, 9.17) is 5.73 Å². The molecule has 4 N–H and O–H groups in total. The second kappa shape index (κ2) is 4.64. The lowest BCUT2D eigenvalue weighted by Gasteiger charge is -1.99. The lowest BCUT2D eigenvalue weighted by molar-refractivity contribution is 0.0951. The van der Waals surface area contributed by atoms with Crippen LogP contribution in [-0.2, 0) is 6.42 Å². The van der Waals surface area contributed by atoms with Crippen molar-refractivity contribution in [2.75, 3.05) is 12.3 Å². The fraction of sp³-hybridized carbons (Fsp3) is 0.556. The number of hydrogen-bond donors (Lipinski definition) is 3. The molecule has 0 aromatic carbocycles. The van der Waals surface area contributed by atoms with E-state index < -0.39 is 0 Å². The number of amides is 1. The van der Waals surface area contributed by atoms with Crippen molar-refractivity contribution in [3.05, 3.63) is 11.4 Å². The Bertz CT molecular complexity index is 319. The molecule has 0 fully saturated rings. The molecule has 14 heavy (non-hydrogen) atoms. The lowest BCUT2D eigenvalue weighted by Crippen LogP contribution is -2.24. The smallest absolute Gasteiger partial charge is 0.273 e. The van der Waals surface area contributed by atoms with Crippen LogP contribution < -0.4 is 11.1 Å². The first-order valence-corrected chi connectivity index (χ1v) is 4.81. The molecule has 0 aliphatic carbocycles. The van der Waals surface area contributed by atoms with Gasteiger partial charge in [0.15, 0.2) is 5.69 Å². The second-order valence-corrected chi connectivity index (χ2v) is 3.07. The molecular formula is C9H16N4O. The topological polar surface area (TPSA) is 83.8 Å². The minimum absolute atomic E-state index is 0.219. The van der Waals surface area contributed by atoms with Crippen LogP contribution in [0.1, 0.15) is 36.5 Å². The summed E-state index contributed by atoms with van der Waals surface area (Å²) in [7, 11) is 0. The molecule has 0 radical (unpaired) electrons. The zero-order valence-corrected chi connectivity index (χ0v) is 8.55. The van der Waals surface area contributed by atoms with Gasteiger partial charge in [0.05, 0.1) is 11.4 Å². The van der Waals surface area contributed by atoms with E-state index in [1.807, 2.05) is 13.8 Å². The van der Waals surface area contributed by atoms with Gasteiger partial charge in [-0.3, -0.25) is 9.89 Å². The number of nitrogens with zero attached hydrogens (tertiary/aromatic N) is 1. The Labute approximate surface area is 83.1 Å². The minimum atomic E-state index is -0.219. The molecule has 5 nitrogen and oxygen atoms in total. The van der Waals surface area contributed by atoms with Gasteiger partial charge in [0.1, 0.15) is 0 Å². The molecule has 0 aliphatic rings. The summed E-state index contributed by atoms with van der Waals surface area (Å²) in [4.78, 5) is 11.4. The largest absolute Gasteiger partial charge is 0.395 e. The predicted molar refractivity (Wildman–Crippen MR) is 55.0 cm³/mol. The predicted octanol–water partition coefficient (Wildman–Crippen LogP) is 0.694. The Morgan fingerprint density at radius 2 is 2.29 bits per heavy atom. The van der Waals surface area contributed by atoms with Crippen molar-refractivity contribution in [1.29, 1.82) is 0 Å². The number of aromatic nitrogens is 2. The van der Waals surface area contributed by atoms with Crippen LogP contribution in [0, 0.1) is 0 Å². The fourth-order valence-corrected chi connectivity index (χ4v) is 1.24. The Kier molecular flexibility index (Phi) is 3.50. The molecule has 1 amide bonds. The number of nitrogens with one attached hydrogen (secondary N) is 2. The highest BCUT2D eigenvalue weighted by molar-refractivity contribution is 5.97. The van der Waals surface area contributed by atoms with E-state index in [0.29, 0.717) is 17.9 Å². The molecule has 1 aromatic heterocycles. The Hall–Kier alpha value is -1.52. The van der Waals surface area contributed by atoms with Gasteiger partial charge >= 0.3 is 0 Å². The molecule has 0 unspecified atom stereocenters. The molecule has 1 heterocycles. The van der Waals surface area contributed by atoms with E-state index in [0.717, 1.165) is 18.5 Å². The van der Waals surface area contributed by atoms with Crippen molar-refractivity contribution in [3.63, 3.8) is 0 Å². The first-order valence-electron chi connectivity index (χ1n) is 4.81. The van der Waals surface area contributed by atoms with Gasteiger partial charge in [-0.15, -0.1) is 0 Å². The van der Waals surface area contributed by atoms with E-state index in [1.54, 1.807) is 0 Å². The van der Waals surface area contributed by atoms with Gasteiger partial charge in [0.2, 0.25) is 0 Å². The van der Waals surface area contributed by atoms with E-state index >= 15 is 0 Å². The molecule has 1 aromatic rings. The van der Waals surface area contributed by atoms with Crippen LogP contribution in [0.15, 0.2) is 0 Å². The summed E-state index contributed by atoms with van der Waals surface area (Å²) in [5.41, 5.74) is 7.38. The van der Waals surface area contributed by atoms with E-state index in [9.17, 15) is 4.79 Å². The van der Waals surface area contributed by atoms with Gasteiger partial charge < -0.3 is 11.1 Å². The Balaban J connectivity index is 2.83. The standard InChI is InChI=1S/C9H16N4O/c1-3-5-6-7(10)8(13-12-6)9(14)11-4-2/h3-5,10H2,1-2H3,(H,11,14)(H,12,13). The first-order chi connectivity index (χ1) is 6.70. The van der Waals surface area contributed by atoms with Crippen molar-refractivity contribution in [1.82, 2.24) is 15.5 Å². The van der Waals surface area contributed by atoms with Gasteiger partial charge in [-0.2, -0.15) is 5.10 Å². The summed E-state index contributed by atoms with van der Waals surface area (Å²) in [5, 5.41) is 9.33. The summed E-state index contributed by atoms with van der Waals surface area (Å²) in [6.07, 6.45) is 1.79. The number of nitrogens with two attached hydrogens (primary N) is 1. The van der Waals surface area contributed by atoms with Crippen LogP contribution in [0.4, 0.5) is 5.69 Å². The highest BCUT2D eigenvalue weighted by Crippen LogP contribution is 2.15. The van der Waals surface area contributed by atoms with E-state index in [-0.39, 0.29) is 5.91 Å². The third-order valence-electron chi connectivity index (χ3n) is 1.94. The average Bonchev–Trinajstić information content (AvgIpc) is 2.49. The van der Waals surface area contributed by atoms with Crippen LogP contribution >= 0.6 is 0 Å². The van der Waals surface area contributed by atoms with Gasteiger partial charge in [-0.1, -0.05) is 13.3 Å². The summed E-state index contributed by atoms with van der Waals surface area (Å²) in [6.45, 7) is 4.48. The number of carbonyl (C=O) groups is 1. The van der Waals surface area contributed by atoms with Crippen molar-refractivity contribution in [3.8, 4) is 0 Å². The van der Waals surface area contributed by atoms with Crippen molar-refractivity contribution in [2.45, 2.75) is 26.7 Å². The minimum Gasteiger partial charge on any atom is -0.395 e. The number of hydrogen-bond acceptors (Lipinski definition) is 3. The van der Waals surface area contributed by atoms with Crippen molar-refractivity contribution >= 4 is 11.6 Å². The molecule has 0 spiro atoms. The number of rotatable bonds is 4. The first kappa shape index (κ1) is 10.6. The van der Waals surface area contributed by atoms with Gasteiger partial charge in [0, 0.05) is 6.54 Å². The van der Waals surface area contributed by atoms with E-state index in [1.165, 1.54) is 0 Å². The number of anilines is 1. The third-order valence-corrected chi connectivity index (χ3v) is 1.94. The summed E-state index contributed by atoms with van der Waals surface area (Å²) in [6, 6.07) is 0. The summed E-state index contributed by atoms with van der Waals surface area (Å²) < 4.78 is 0. The molecule has 0 saturated carbocycles. The maximum absolute atomic E-state index is 11.4. The number of carbonyl (C=O) groups excluding carboxylic acids is 1. The van der Waals surface area contributed by atoms with Crippen molar-refractivity contribution < 1.29 is 4.79 Å². The van der Waals surface area contributed by atoms with Gasteiger partial charge in [-0.05, 0) is 13.3 Å². The number of nitrogen functional groups attached to an aromatic ring is 1. The monoisotopic (exact) mass is 196 g/mol. The highest BCUT2D eigenvalue weighted by Gasteiger charge is 2.15. The Morgan fingerprint density at radius 1 is 1.57 bits per heavy atom. The second-order valence-electron chi connectivity index (χ2n) is 3.07. The van der Waals surface area contributed by atoms with E-state index in [2.05, 4.69) is 15.5 Å². The zero-order chi connectivity index (χ0) is 10.6. The summed E-state index contributed by atoms with van der Waals surface area (Å²) >= 11 is 0. The molecule has 0 saturated heterocycles. The molecule has 78 valence electrons. The number of aryl methyl sites for hydroxylation is 1. The normalized spacial score (nSPS) is 10.1. The molecule has 0 atom stereocenters. The zero-order valence-electron chi connectivity index (χ0n) is 8.55. The summed E-state index contributed by atoms with van der Waals surface area (Å²) in [5.74, 6) is -0.219. The van der Waals surface area contributed by atoms with Crippen LogP contribution in [0.5, 0.6) is 0 Å². The fourth-order valence-electron chi connectivity index (χ4n) is 1.24. The molecular weight excluding hydrogens is 180 g/mol. The van der Waals surface area contributed by atoms with Gasteiger partial charge in [-0.25, -0.2) is 0 Å². The van der Waals surface area contributed by atoms with Crippen LogP contribution in [-0.4, -0.2) is 22.6 Å². The van der Waals surface area contributed by atoms with Crippen LogP contribution in [0.2, 0.25) is 0 Å². The molecule has 1 rings (SSSR count). The number of H-pyrrole nitrogens is 1. The number of aromatic amines is 1. The maximum Gasteiger partial charge on any atom is 0.273 e. The highest BCUT2D eigenvalue weighted by atomic mass is 16.1. The maximum atomic E-state index is 11.4. The van der Waals surface area contributed by atoms with Crippen LogP contribution in [0.25, 0.3) is 0 Å². The molecule has 0 aliphatic heterocycles. The SMILES string of the molecule is CCCc1[nH]nc(C(=O)NCC)c1N.